The summed E-state index contributed by atoms with van der Waals surface area (Å²) in [5.74, 6) is -0.329. The Morgan fingerprint density at radius 1 is 0.929 bits per heavy atom. The van der Waals surface area contributed by atoms with E-state index in [1.807, 2.05) is 20.8 Å². The van der Waals surface area contributed by atoms with E-state index in [4.69, 9.17) is 27.9 Å². The highest BCUT2D eigenvalue weighted by atomic mass is 35.5. The van der Waals surface area contributed by atoms with Gasteiger partial charge in [0, 0.05) is 13.1 Å². The van der Waals surface area contributed by atoms with E-state index in [0.717, 1.165) is 16.3 Å². The zero-order valence-corrected chi connectivity index (χ0v) is 26.6. The lowest BCUT2D eigenvalue weighted by Gasteiger charge is -2.33. The van der Waals surface area contributed by atoms with Crippen LogP contribution in [0.15, 0.2) is 71.6 Å². The molecule has 0 aliphatic rings. The molecule has 3 aromatic carbocycles. The lowest BCUT2D eigenvalue weighted by molar-refractivity contribution is -0.140. The van der Waals surface area contributed by atoms with E-state index in [-0.39, 0.29) is 17.3 Å². The molecule has 0 radical (unpaired) electrons. The fourth-order valence-electron chi connectivity index (χ4n) is 4.36. The number of nitrogens with zero attached hydrogens (tertiary/aromatic N) is 2. The molecule has 0 fully saturated rings. The van der Waals surface area contributed by atoms with Crippen molar-refractivity contribution in [2.45, 2.75) is 58.0 Å². The first-order chi connectivity index (χ1) is 20.0. The number of carbonyl (C=O) groups excluding carboxylic acids is 2. The van der Waals surface area contributed by atoms with Gasteiger partial charge in [0.05, 0.1) is 27.2 Å². The largest absolute Gasteiger partial charge is 0.494 e. The van der Waals surface area contributed by atoms with Crippen LogP contribution in [0.4, 0.5) is 5.69 Å². The number of halogens is 2. The van der Waals surface area contributed by atoms with Crippen molar-refractivity contribution in [2.24, 2.45) is 0 Å². The molecule has 11 heteroatoms. The van der Waals surface area contributed by atoms with Gasteiger partial charge in [0.2, 0.25) is 11.8 Å². The smallest absolute Gasteiger partial charge is 0.264 e. The molecule has 3 rings (SSSR count). The lowest BCUT2D eigenvalue weighted by atomic mass is 10.1. The fraction of sp³-hybridized carbons (Fsp3) is 0.355. The molecule has 0 aliphatic carbocycles. The molecule has 0 saturated heterocycles. The van der Waals surface area contributed by atoms with E-state index >= 15 is 0 Å². The summed E-state index contributed by atoms with van der Waals surface area (Å²) in [6.45, 7) is 7.85. The monoisotopic (exact) mass is 633 g/mol. The molecule has 0 spiro atoms. The normalized spacial score (nSPS) is 12.0. The number of nitrogens with one attached hydrogen (secondary N) is 1. The summed E-state index contributed by atoms with van der Waals surface area (Å²) in [5, 5.41) is 3.53. The number of benzene rings is 3. The van der Waals surface area contributed by atoms with Crippen LogP contribution < -0.4 is 14.4 Å². The maximum atomic E-state index is 14.1. The van der Waals surface area contributed by atoms with Crippen LogP contribution in [-0.4, -0.2) is 50.9 Å². The van der Waals surface area contributed by atoms with Crippen LogP contribution in [0.5, 0.6) is 5.75 Å². The van der Waals surface area contributed by atoms with E-state index in [1.54, 1.807) is 61.5 Å². The van der Waals surface area contributed by atoms with Gasteiger partial charge in [-0.2, -0.15) is 0 Å². The minimum absolute atomic E-state index is 0.00286. The van der Waals surface area contributed by atoms with Crippen molar-refractivity contribution in [1.29, 1.82) is 0 Å². The maximum absolute atomic E-state index is 14.1. The SMILES string of the molecule is CCCNC(=O)C(CC)N(Cc1ccc(Cl)c(Cl)c1)C(=O)CN(c1ccc(C)cc1)S(=O)(=O)c1ccc(OCC)cc1. The zero-order chi connectivity index (χ0) is 30.9. The number of aryl methyl sites for hydroxylation is 1. The predicted octanol–water partition coefficient (Wildman–Crippen LogP) is 6.23. The van der Waals surface area contributed by atoms with Gasteiger partial charge in [-0.25, -0.2) is 8.42 Å². The molecule has 1 N–H and O–H groups in total. The number of anilines is 1. The summed E-state index contributed by atoms with van der Waals surface area (Å²) in [4.78, 5) is 28.7. The second kappa shape index (κ2) is 15.3. The average Bonchev–Trinajstić information content (AvgIpc) is 2.97. The predicted molar refractivity (Wildman–Crippen MR) is 168 cm³/mol. The molecule has 0 aliphatic heterocycles. The number of amides is 2. The van der Waals surface area contributed by atoms with Gasteiger partial charge in [0.25, 0.3) is 10.0 Å². The fourth-order valence-corrected chi connectivity index (χ4v) is 6.10. The Morgan fingerprint density at radius 3 is 2.17 bits per heavy atom. The number of ether oxygens (including phenoxy) is 1. The molecule has 0 bridgehead atoms. The van der Waals surface area contributed by atoms with E-state index in [1.165, 1.54) is 17.0 Å². The van der Waals surface area contributed by atoms with Gasteiger partial charge in [0.15, 0.2) is 0 Å². The number of hydrogen-bond acceptors (Lipinski definition) is 5. The molecule has 8 nitrogen and oxygen atoms in total. The van der Waals surface area contributed by atoms with Crippen LogP contribution in [0.2, 0.25) is 10.0 Å². The van der Waals surface area contributed by atoms with Gasteiger partial charge in [-0.15, -0.1) is 0 Å². The van der Waals surface area contributed by atoms with E-state index < -0.39 is 28.5 Å². The Labute approximate surface area is 258 Å². The first-order valence-electron chi connectivity index (χ1n) is 13.8. The van der Waals surface area contributed by atoms with E-state index in [2.05, 4.69) is 5.32 Å². The van der Waals surface area contributed by atoms with Gasteiger partial charge in [0.1, 0.15) is 18.3 Å². The number of carbonyl (C=O) groups is 2. The van der Waals surface area contributed by atoms with Crippen molar-refractivity contribution in [2.75, 3.05) is 24.0 Å². The molecule has 0 heterocycles. The molecule has 1 unspecified atom stereocenters. The molecule has 226 valence electrons. The van der Waals surface area contributed by atoms with Crippen LogP contribution >= 0.6 is 23.2 Å². The van der Waals surface area contributed by atoms with Crippen molar-refractivity contribution >= 4 is 50.7 Å². The summed E-state index contributed by atoms with van der Waals surface area (Å²) < 4.78 is 34.5. The average molecular weight is 635 g/mol. The minimum Gasteiger partial charge on any atom is -0.494 e. The summed E-state index contributed by atoms with van der Waals surface area (Å²) in [6, 6.07) is 17.1. The molecule has 1 atom stereocenters. The first kappa shape index (κ1) is 33.2. The first-order valence-corrected chi connectivity index (χ1v) is 16.0. The molecular weight excluding hydrogens is 597 g/mol. The Balaban J connectivity index is 2.05. The van der Waals surface area contributed by atoms with Crippen LogP contribution in [-0.2, 0) is 26.2 Å². The highest BCUT2D eigenvalue weighted by molar-refractivity contribution is 7.92. The topological polar surface area (TPSA) is 96.0 Å². The third kappa shape index (κ3) is 8.40. The standard InChI is InChI=1S/C31H37Cl2N3O5S/c1-5-18-34-31(38)29(6-2)35(20-23-10-17-27(32)28(33)19-23)30(37)21-36(24-11-8-22(4)9-12-24)42(39,40)26-15-13-25(14-16-26)41-7-3/h8-17,19,29H,5-7,18,20-21H2,1-4H3,(H,34,38). The summed E-state index contributed by atoms with van der Waals surface area (Å²) in [7, 11) is -4.19. The molecule has 3 aromatic rings. The van der Waals surface area contributed by atoms with Crippen molar-refractivity contribution in [1.82, 2.24) is 10.2 Å². The highest BCUT2D eigenvalue weighted by Crippen LogP contribution is 2.28. The second-order valence-corrected chi connectivity index (χ2v) is 12.4. The Bertz CT molecular complexity index is 1460. The van der Waals surface area contributed by atoms with Gasteiger partial charge in [-0.05, 0) is 80.8 Å². The van der Waals surface area contributed by atoms with Crippen molar-refractivity contribution in [3.8, 4) is 5.75 Å². The second-order valence-electron chi connectivity index (χ2n) is 9.74. The Hall–Kier alpha value is -3.27. The minimum atomic E-state index is -4.19. The Morgan fingerprint density at radius 2 is 1.60 bits per heavy atom. The highest BCUT2D eigenvalue weighted by Gasteiger charge is 2.33. The van der Waals surface area contributed by atoms with Crippen molar-refractivity contribution < 1.29 is 22.7 Å². The van der Waals surface area contributed by atoms with Gasteiger partial charge in [-0.3, -0.25) is 13.9 Å². The Kier molecular flexibility index (Phi) is 12.1. The van der Waals surface area contributed by atoms with Crippen LogP contribution in [0.25, 0.3) is 0 Å². The van der Waals surface area contributed by atoms with Crippen molar-refractivity contribution in [3.05, 3.63) is 87.9 Å². The zero-order valence-electron chi connectivity index (χ0n) is 24.3. The summed E-state index contributed by atoms with van der Waals surface area (Å²) in [6.07, 6.45) is 1.04. The molecule has 0 saturated carbocycles. The quantitative estimate of drug-likeness (QED) is 0.227. The number of sulfonamides is 1. The third-order valence-corrected chi connectivity index (χ3v) is 9.12. The molecule has 0 aromatic heterocycles. The number of hydrogen-bond donors (Lipinski definition) is 1. The third-order valence-electron chi connectivity index (χ3n) is 6.60. The van der Waals surface area contributed by atoms with E-state index in [0.29, 0.717) is 46.6 Å². The van der Waals surface area contributed by atoms with Crippen LogP contribution in [0, 0.1) is 6.92 Å². The van der Waals surface area contributed by atoms with Gasteiger partial charge in [-0.1, -0.05) is 60.8 Å². The lowest BCUT2D eigenvalue weighted by Crippen LogP contribution is -2.52. The number of rotatable bonds is 14. The summed E-state index contributed by atoms with van der Waals surface area (Å²) >= 11 is 12.3. The van der Waals surface area contributed by atoms with Crippen LogP contribution in [0.3, 0.4) is 0 Å². The maximum Gasteiger partial charge on any atom is 0.264 e. The molecule has 2 amide bonds. The van der Waals surface area contributed by atoms with Crippen LogP contribution in [0.1, 0.15) is 44.7 Å². The van der Waals surface area contributed by atoms with E-state index in [9.17, 15) is 18.0 Å². The molecule has 42 heavy (non-hydrogen) atoms. The van der Waals surface area contributed by atoms with Gasteiger partial charge < -0.3 is 15.0 Å². The van der Waals surface area contributed by atoms with Gasteiger partial charge >= 0.3 is 0 Å². The molecular formula is C31H37Cl2N3O5S. The van der Waals surface area contributed by atoms with Crippen molar-refractivity contribution in [3.63, 3.8) is 0 Å². The summed E-state index contributed by atoms with van der Waals surface area (Å²) in [5.41, 5.74) is 1.90.